The number of para-hydroxylation sites is 1. The molecule has 54 heavy (non-hydrogen) atoms. The molecule has 2 aliphatic carbocycles. The molecule has 3 fully saturated rings. The summed E-state index contributed by atoms with van der Waals surface area (Å²) in [5.41, 5.74) is 0.0619. The second-order valence-corrected chi connectivity index (χ2v) is 16.9. The van der Waals surface area contributed by atoms with Gasteiger partial charge in [0, 0.05) is 30.2 Å². The maximum atomic E-state index is 14.8. The van der Waals surface area contributed by atoms with E-state index in [1.165, 1.54) is 11.0 Å². The largest absolute Gasteiger partial charge is 0.471 e. The van der Waals surface area contributed by atoms with Crippen molar-refractivity contribution in [3.05, 3.63) is 58.9 Å². The number of ketones is 1. The summed E-state index contributed by atoms with van der Waals surface area (Å²) in [6.07, 6.45) is 7.60. The van der Waals surface area contributed by atoms with E-state index in [0.29, 0.717) is 61.1 Å². The molecular weight excluding hydrogens is 720 g/mol. The molecule has 1 aromatic carbocycles. The van der Waals surface area contributed by atoms with Crippen molar-refractivity contribution < 1.29 is 41.2 Å². The van der Waals surface area contributed by atoms with E-state index >= 15 is 0 Å². The van der Waals surface area contributed by atoms with Crippen LogP contribution in [0.5, 0.6) is 5.88 Å². The number of aryl methyl sites for hydroxylation is 2. The van der Waals surface area contributed by atoms with Gasteiger partial charge in [0.05, 0.1) is 17.3 Å². The molecule has 5 atom stereocenters. The monoisotopic (exact) mass is 764 g/mol. The molecule has 3 aromatic rings. The number of aromatic nitrogens is 3. The topological polar surface area (TPSA) is 191 Å². The number of halogens is 1. The molecule has 2 saturated carbocycles. The Balaban J connectivity index is 1.21. The molecule has 14 nitrogen and oxygen atoms in total. The van der Waals surface area contributed by atoms with Gasteiger partial charge in [0.15, 0.2) is 17.3 Å². The van der Waals surface area contributed by atoms with Crippen LogP contribution >= 0.6 is 0 Å². The minimum atomic E-state index is -3.91. The van der Waals surface area contributed by atoms with Crippen molar-refractivity contribution in [2.24, 2.45) is 11.8 Å². The predicted molar refractivity (Wildman–Crippen MR) is 193 cm³/mol. The summed E-state index contributed by atoms with van der Waals surface area (Å²) < 4.78 is 54.2. The third-order valence-electron chi connectivity index (χ3n) is 11.1. The lowest BCUT2D eigenvalue weighted by Gasteiger charge is -2.29. The van der Waals surface area contributed by atoms with Crippen LogP contribution in [0.2, 0.25) is 0 Å². The van der Waals surface area contributed by atoms with E-state index in [1.807, 2.05) is 19.1 Å². The molecule has 4 aliphatic rings. The summed E-state index contributed by atoms with van der Waals surface area (Å²) in [7, 11) is -3.91. The number of nitrogens with zero attached hydrogens (tertiary/aromatic N) is 4. The Morgan fingerprint density at radius 2 is 1.93 bits per heavy atom. The first kappa shape index (κ1) is 37.6. The van der Waals surface area contributed by atoms with Gasteiger partial charge in [0.1, 0.15) is 34.7 Å². The Labute approximate surface area is 312 Å². The van der Waals surface area contributed by atoms with Gasteiger partial charge in [-0.25, -0.2) is 22.8 Å². The molecule has 288 valence electrons. The Morgan fingerprint density at radius 3 is 2.65 bits per heavy atom. The number of ether oxygens (including phenoxy) is 1. The van der Waals surface area contributed by atoms with Gasteiger partial charge in [-0.05, 0) is 70.9 Å². The second-order valence-electron chi connectivity index (χ2n) is 15.0. The minimum Gasteiger partial charge on any atom is -0.471 e. The number of fused-ring (bicyclic) bond motifs is 3. The van der Waals surface area contributed by atoms with E-state index in [-0.39, 0.29) is 48.7 Å². The minimum absolute atomic E-state index is 0.0153. The normalized spacial score (nSPS) is 26.9. The summed E-state index contributed by atoms with van der Waals surface area (Å²) in [5, 5.41) is 6.15. The number of carbonyl (C=O) groups excluding carboxylic acids is 4. The molecule has 0 radical (unpaired) electrons. The Bertz CT molecular complexity index is 2130. The highest BCUT2D eigenvalue weighted by Crippen LogP contribution is 2.46. The standard InChI is InChI=1S/C38H45FN6O8S/c1-4-28-35(41-33-27(39)13-10-14-29(33)40-28)52-25-18-30-34(47)42-38(37(49)44-54(50,51)26-15-16-26)19-24(38)12-9-7-5-6-8-11-23(36(48)45(30)20-25)17-31(46)32-21(2)22(3)53-43-32/h9-10,12-14,23-26,30H,4-8,11,15-20H2,1-3H3,(H,42,47)(H,44,49)/b12-9-/t23-,24-,25-,30+,38-/m1/s1. The van der Waals surface area contributed by atoms with E-state index in [2.05, 4.69) is 25.2 Å². The molecule has 0 unspecified atom stereocenters. The van der Waals surface area contributed by atoms with Crippen molar-refractivity contribution in [1.82, 2.24) is 30.1 Å². The van der Waals surface area contributed by atoms with Crippen molar-refractivity contribution in [2.75, 3.05) is 6.54 Å². The van der Waals surface area contributed by atoms with Gasteiger partial charge in [0.2, 0.25) is 27.7 Å². The van der Waals surface area contributed by atoms with Crippen molar-refractivity contribution >= 4 is 44.6 Å². The van der Waals surface area contributed by atoms with Crippen LogP contribution in [0.25, 0.3) is 11.0 Å². The van der Waals surface area contributed by atoms with Gasteiger partial charge in [-0.3, -0.25) is 23.9 Å². The Hall–Kier alpha value is -4.73. The van der Waals surface area contributed by atoms with Gasteiger partial charge in [-0.2, -0.15) is 0 Å². The lowest BCUT2D eigenvalue weighted by molar-refractivity contribution is -0.142. The van der Waals surface area contributed by atoms with Crippen LogP contribution in [0.3, 0.4) is 0 Å². The number of Topliss-reactive ketones (excluding diaryl/α,β-unsaturated/α-hetero) is 1. The third kappa shape index (κ3) is 7.49. The third-order valence-corrected chi connectivity index (χ3v) is 12.9. The number of nitrogens with one attached hydrogen (secondary N) is 2. The molecule has 3 amide bonds. The number of hydrogen-bond donors (Lipinski definition) is 2. The van der Waals surface area contributed by atoms with E-state index in [1.54, 1.807) is 26.0 Å². The van der Waals surface area contributed by atoms with Crippen LogP contribution < -0.4 is 14.8 Å². The fraction of sp³-hybridized carbons (Fsp3) is 0.553. The molecule has 7 rings (SSSR count). The summed E-state index contributed by atoms with van der Waals surface area (Å²) in [6, 6.07) is 3.31. The highest BCUT2D eigenvalue weighted by Gasteiger charge is 2.62. The quantitative estimate of drug-likeness (QED) is 0.235. The van der Waals surface area contributed by atoms with Gasteiger partial charge < -0.3 is 19.5 Å². The Morgan fingerprint density at radius 1 is 1.13 bits per heavy atom. The van der Waals surface area contributed by atoms with Gasteiger partial charge in [-0.1, -0.05) is 43.1 Å². The summed E-state index contributed by atoms with van der Waals surface area (Å²) >= 11 is 0. The average molecular weight is 765 g/mol. The first-order valence-corrected chi connectivity index (χ1v) is 20.3. The molecule has 16 heteroatoms. The zero-order chi connectivity index (χ0) is 38.4. The lowest BCUT2D eigenvalue weighted by atomic mass is 9.92. The number of rotatable bonds is 9. The molecule has 1 saturated heterocycles. The molecule has 2 aliphatic heterocycles. The van der Waals surface area contributed by atoms with Gasteiger partial charge in [-0.15, -0.1) is 0 Å². The number of carbonyl (C=O) groups is 4. The van der Waals surface area contributed by atoms with Crippen molar-refractivity contribution in [3.63, 3.8) is 0 Å². The molecule has 4 heterocycles. The van der Waals surface area contributed by atoms with Gasteiger partial charge >= 0.3 is 0 Å². The van der Waals surface area contributed by atoms with E-state index in [4.69, 9.17) is 9.26 Å². The number of benzene rings is 1. The zero-order valence-electron chi connectivity index (χ0n) is 30.6. The van der Waals surface area contributed by atoms with E-state index in [0.717, 1.165) is 12.8 Å². The fourth-order valence-corrected chi connectivity index (χ4v) is 8.89. The van der Waals surface area contributed by atoms with Crippen molar-refractivity contribution in [2.45, 2.75) is 114 Å². The summed E-state index contributed by atoms with van der Waals surface area (Å²) in [6.45, 7) is 5.22. The molecule has 2 aromatic heterocycles. The van der Waals surface area contributed by atoms with Crippen LogP contribution in [0.4, 0.5) is 4.39 Å². The molecular formula is C38H45FN6O8S. The second kappa shape index (κ2) is 14.8. The number of sulfonamides is 1. The maximum absolute atomic E-state index is 14.8. The number of hydrogen-bond acceptors (Lipinski definition) is 11. The van der Waals surface area contributed by atoms with Crippen LogP contribution in [0, 0.1) is 31.5 Å². The summed E-state index contributed by atoms with van der Waals surface area (Å²) in [5.74, 6) is -3.52. The average Bonchev–Trinajstić information content (AvgIpc) is 4.04. The highest BCUT2D eigenvalue weighted by molar-refractivity contribution is 7.91. The molecule has 0 bridgehead atoms. The SMILES string of the molecule is CCc1nc2cccc(F)c2nc1O[C@@H]1C[C@H]2C(=O)N[C@]3(C(=O)NS(=O)(=O)C4CC4)C[C@H]3/C=C\CCCCC[C@H](CC(=O)c3noc(C)c3C)C(=O)N2C1. The highest BCUT2D eigenvalue weighted by atomic mass is 32.2. The Kier molecular flexibility index (Phi) is 10.3. The zero-order valence-corrected chi connectivity index (χ0v) is 31.4. The summed E-state index contributed by atoms with van der Waals surface area (Å²) in [4.78, 5) is 66.7. The smallest absolute Gasteiger partial charge is 0.259 e. The van der Waals surface area contributed by atoms with Crippen molar-refractivity contribution in [1.29, 1.82) is 0 Å². The molecule has 2 N–H and O–H groups in total. The maximum Gasteiger partial charge on any atom is 0.259 e. The van der Waals surface area contributed by atoms with Crippen LogP contribution in [-0.4, -0.2) is 81.4 Å². The van der Waals surface area contributed by atoms with E-state index in [9.17, 15) is 32.0 Å². The fourth-order valence-electron chi connectivity index (χ4n) is 7.52. The number of allylic oxidation sites excluding steroid dienone is 1. The predicted octanol–water partition coefficient (Wildman–Crippen LogP) is 4.18. The van der Waals surface area contributed by atoms with Gasteiger partial charge in [0.25, 0.3) is 5.91 Å². The lowest BCUT2D eigenvalue weighted by Crippen LogP contribution is -2.57. The number of amides is 3. The first-order chi connectivity index (χ1) is 25.8. The van der Waals surface area contributed by atoms with E-state index < -0.39 is 68.3 Å². The molecule has 0 spiro atoms. The van der Waals surface area contributed by atoms with Crippen LogP contribution in [0.15, 0.2) is 34.9 Å². The van der Waals surface area contributed by atoms with Crippen molar-refractivity contribution in [3.8, 4) is 5.88 Å². The van der Waals surface area contributed by atoms with Crippen LogP contribution in [0.1, 0.15) is 98.6 Å². The first-order valence-electron chi connectivity index (χ1n) is 18.7. The van der Waals surface area contributed by atoms with Crippen LogP contribution in [-0.2, 0) is 30.8 Å².